The van der Waals surface area contributed by atoms with E-state index in [1.165, 1.54) is 6.20 Å². The van der Waals surface area contributed by atoms with Crippen LogP contribution in [0, 0.1) is 11.6 Å². The van der Waals surface area contributed by atoms with Crippen LogP contribution in [0.4, 0.5) is 25.1 Å². The second kappa shape index (κ2) is 11.0. The number of benzene rings is 1. The van der Waals surface area contributed by atoms with E-state index in [0.717, 1.165) is 12.1 Å². The van der Waals surface area contributed by atoms with Gasteiger partial charge >= 0.3 is 6.09 Å². The van der Waals surface area contributed by atoms with E-state index in [1.54, 1.807) is 17.0 Å². The van der Waals surface area contributed by atoms with Gasteiger partial charge in [-0.25, -0.2) is 18.6 Å². The van der Waals surface area contributed by atoms with Crippen molar-refractivity contribution in [2.45, 2.75) is 52.2 Å². The Morgan fingerprint density at radius 1 is 1.22 bits per heavy atom. The van der Waals surface area contributed by atoms with Crippen LogP contribution < -0.4 is 14.8 Å². The van der Waals surface area contributed by atoms with Crippen LogP contribution >= 0.6 is 0 Å². The number of pyridine rings is 1. The summed E-state index contributed by atoms with van der Waals surface area (Å²) < 4.78 is 45.0. The summed E-state index contributed by atoms with van der Waals surface area (Å²) in [6.45, 7) is 6.92. The first-order valence-electron chi connectivity index (χ1n) is 10.8. The molecule has 2 aromatic rings. The van der Waals surface area contributed by atoms with Crippen molar-refractivity contribution in [3.63, 3.8) is 0 Å². The first-order valence-corrected chi connectivity index (χ1v) is 10.8. The maximum Gasteiger partial charge on any atom is 0.410 e. The molecule has 3 rings (SSSR count). The molecule has 1 saturated heterocycles. The van der Waals surface area contributed by atoms with Gasteiger partial charge in [0.2, 0.25) is 0 Å². The topological polar surface area (TPSA) is 72.9 Å². The summed E-state index contributed by atoms with van der Waals surface area (Å²) in [7, 11) is 0. The Balaban J connectivity index is 1.58. The zero-order valence-corrected chi connectivity index (χ0v) is 18.6. The number of nitrogens with one attached hydrogen (secondary N) is 1. The third-order valence-electron chi connectivity index (χ3n) is 4.82. The molecule has 1 amide bonds. The maximum atomic E-state index is 14.4. The lowest BCUT2D eigenvalue weighted by molar-refractivity contribution is 0.0517. The van der Waals surface area contributed by atoms with Crippen molar-refractivity contribution in [1.29, 1.82) is 0 Å². The Morgan fingerprint density at radius 3 is 2.66 bits per heavy atom. The molecule has 7 nitrogen and oxygen atoms in total. The number of rotatable bonds is 8. The molecule has 1 fully saturated rings. The Morgan fingerprint density at radius 2 is 1.97 bits per heavy atom. The predicted octanol–water partition coefficient (Wildman–Crippen LogP) is 5.28. The summed E-state index contributed by atoms with van der Waals surface area (Å²) in [6, 6.07) is 5.38. The number of halogens is 2. The minimum Gasteiger partial charge on any atom is -0.490 e. The van der Waals surface area contributed by atoms with E-state index >= 15 is 0 Å². The SMILES string of the molecule is CCCOc1cc(F)c(Nc2cc(OC3CCN(C(=O)OC(C)C)CC3)ccn2)cc1F. The van der Waals surface area contributed by atoms with Crippen molar-refractivity contribution in [2.75, 3.05) is 25.0 Å². The molecule has 32 heavy (non-hydrogen) atoms. The zero-order valence-electron chi connectivity index (χ0n) is 18.6. The van der Waals surface area contributed by atoms with Gasteiger partial charge in [-0.05, 0) is 26.3 Å². The lowest BCUT2D eigenvalue weighted by Crippen LogP contribution is -2.42. The highest BCUT2D eigenvalue weighted by Gasteiger charge is 2.25. The largest absolute Gasteiger partial charge is 0.490 e. The summed E-state index contributed by atoms with van der Waals surface area (Å²) in [5, 5.41) is 2.78. The molecule has 1 aliphatic heterocycles. The number of carbonyl (C=O) groups is 1. The lowest BCUT2D eigenvalue weighted by Gasteiger charge is -2.32. The highest BCUT2D eigenvalue weighted by molar-refractivity contribution is 5.67. The van der Waals surface area contributed by atoms with Crippen molar-refractivity contribution >= 4 is 17.6 Å². The van der Waals surface area contributed by atoms with Crippen LogP contribution in [-0.4, -0.2) is 47.9 Å². The zero-order chi connectivity index (χ0) is 23.1. The fourth-order valence-electron chi connectivity index (χ4n) is 3.26. The molecule has 174 valence electrons. The fourth-order valence-corrected chi connectivity index (χ4v) is 3.26. The average Bonchev–Trinajstić information content (AvgIpc) is 2.75. The first-order chi connectivity index (χ1) is 15.4. The Labute approximate surface area is 186 Å². The molecule has 1 aromatic carbocycles. The minimum atomic E-state index is -0.655. The second-order valence-electron chi connectivity index (χ2n) is 7.85. The van der Waals surface area contributed by atoms with Crippen molar-refractivity contribution in [2.24, 2.45) is 0 Å². The summed E-state index contributed by atoms with van der Waals surface area (Å²) in [4.78, 5) is 17.8. The third-order valence-corrected chi connectivity index (χ3v) is 4.82. The van der Waals surface area contributed by atoms with Gasteiger partial charge in [-0.2, -0.15) is 0 Å². The molecule has 1 aliphatic rings. The Hall–Kier alpha value is -3.10. The summed E-state index contributed by atoms with van der Waals surface area (Å²) in [6.07, 6.45) is 3.01. The highest BCUT2D eigenvalue weighted by atomic mass is 19.1. The number of nitrogens with zero attached hydrogens (tertiary/aromatic N) is 2. The lowest BCUT2D eigenvalue weighted by atomic mass is 10.1. The van der Waals surface area contributed by atoms with Crippen molar-refractivity contribution in [1.82, 2.24) is 9.88 Å². The van der Waals surface area contributed by atoms with Gasteiger partial charge in [0.15, 0.2) is 17.4 Å². The number of likely N-dealkylation sites (tertiary alicyclic amines) is 1. The predicted molar refractivity (Wildman–Crippen MR) is 117 cm³/mol. The van der Waals surface area contributed by atoms with E-state index in [9.17, 15) is 13.6 Å². The first kappa shape index (κ1) is 23.6. The number of ether oxygens (including phenoxy) is 3. The molecule has 0 saturated carbocycles. The smallest absolute Gasteiger partial charge is 0.410 e. The van der Waals surface area contributed by atoms with E-state index in [2.05, 4.69) is 10.3 Å². The molecular formula is C23H29F2N3O4. The van der Waals surface area contributed by atoms with Gasteiger partial charge in [0.1, 0.15) is 17.7 Å². The molecule has 1 aromatic heterocycles. The van der Waals surface area contributed by atoms with Crippen LogP contribution in [0.5, 0.6) is 11.5 Å². The minimum absolute atomic E-state index is 0.0482. The number of hydrogen-bond acceptors (Lipinski definition) is 6. The van der Waals surface area contributed by atoms with Gasteiger partial charge in [0, 0.05) is 50.3 Å². The summed E-state index contributed by atoms with van der Waals surface area (Å²) in [5.41, 5.74) is -0.0482. The van der Waals surface area contributed by atoms with Gasteiger partial charge in [-0.1, -0.05) is 6.92 Å². The summed E-state index contributed by atoms with van der Waals surface area (Å²) >= 11 is 0. The van der Waals surface area contributed by atoms with Gasteiger partial charge in [0.05, 0.1) is 18.4 Å². The van der Waals surface area contributed by atoms with Crippen LogP contribution in [0.25, 0.3) is 0 Å². The highest BCUT2D eigenvalue weighted by Crippen LogP contribution is 2.28. The van der Waals surface area contributed by atoms with E-state index < -0.39 is 11.6 Å². The number of amides is 1. The van der Waals surface area contributed by atoms with Crippen LogP contribution in [0.2, 0.25) is 0 Å². The van der Waals surface area contributed by atoms with E-state index in [1.807, 2.05) is 20.8 Å². The van der Waals surface area contributed by atoms with E-state index in [0.29, 0.717) is 50.5 Å². The van der Waals surface area contributed by atoms with Crippen molar-refractivity contribution in [3.05, 3.63) is 42.1 Å². The number of aromatic nitrogens is 1. The maximum absolute atomic E-state index is 14.4. The van der Waals surface area contributed by atoms with Gasteiger partial charge in [-0.3, -0.25) is 0 Å². The Bertz CT molecular complexity index is 918. The molecular weight excluding hydrogens is 420 g/mol. The molecule has 0 spiro atoms. The van der Waals surface area contributed by atoms with Crippen molar-refractivity contribution in [3.8, 4) is 11.5 Å². The van der Waals surface area contributed by atoms with Gasteiger partial charge in [-0.15, -0.1) is 0 Å². The van der Waals surface area contributed by atoms with E-state index in [4.69, 9.17) is 14.2 Å². The van der Waals surface area contributed by atoms with Crippen LogP contribution in [0.1, 0.15) is 40.0 Å². The second-order valence-corrected chi connectivity index (χ2v) is 7.85. The average molecular weight is 449 g/mol. The molecule has 0 bridgehead atoms. The van der Waals surface area contributed by atoms with Gasteiger partial charge < -0.3 is 24.4 Å². The van der Waals surface area contributed by atoms with Crippen LogP contribution in [0.15, 0.2) is 30.5 Å². The number of hydrogen-bond donors (Lipinski definition) is 1. The Kier molecular flexibility index (Phi) is 8.08. The number of piperidine rings is 1. The molecule has 1 N–H and O–H groups in total. The monoisotopic (exact) mass is 449 g/mol. The standard InChI is InChI=1S/C23H29F2N3O4/c1-4-11-30-21-14-18(24)20(13-19(21)25)27-22-12-17(5-8-26-22)32-16-6-9-28(10-7-16)23(29)31-15(2)3/h5,8,12-16H,4,6-7,9-11H2,1-3H3,(H,26,27). The van der Waals surface area contributed by atoms with Crippen molar-refractivity contribution < 1.29 is 27.8 Å². The van der Waals surface area contributed by atoms with E-state index in [-0.39, 0.29) is 29.7 Å². The normalized spacial score (nSPS) is 14.4. The molecule has 0 unspecified atom stereocenters. The molecule has 2 heterocycles. The summed E-state index contributed by atoms with van der Waals surface area (Å²) in [5.74, 6) is -0.553. The quantitative estimate of drug-likeness (QED) is 0.591. The third kappa shape index (κ3) is 6.45. The molecule has 9 heteroatoms. The molecule has 0 radical (unpaired) electrons. The number of anilines is 2. The number of carbonyl (C=O) groups excluding carboxylic acids is 1. The van der Waals surface area contributed by atoms with Crippen LogP contribution in [0.3, 0.4) is 0 Å². The fraction of sp³-hybridized carbons (Fsp3) is 0.478. The molecule has 0 aliphatic carbocycles. The van der Waals surface area contributed by atoms with Crippen LogP contribution in [-0.2, 0) is 4.74 Å². The molecule has 0 atom stereocenters. The van der Waals surface area contributed by atoms with Gasteiger partial charge in [0.25, 0.3) is 0 Å².